The van der Waals surface area contributed by atoms with E-state index >= 15 is 0 Å². The number of nitrogens with two attached hydrogens (primary N) is 1. The van der Waals surface area contributed by atoms with Crippen LogP contribution in [0.1, 0.15) is 56.1 Å². The molecule has 3 rings (SSSR count). The van der Waals surface area contributed by atoms with E-state index in [1.54, 1.807) is 18.2 Å². The number of para-hydroxylation sites is 1. The number of carbonyl (C=O) groups excluding carboxylic acids is 1. The van der Waals surface area contributed by atoms with E-state index in [1.165, 1.54) is 0 Å². The maximum atomic E-state index is 12.6. The zero-order valence-electron chi connectivity index (χ0n) is 16.9. The summed E-state index contributed by atoms with van der Waals surface area (Å²) in [4.78, 5) is 25.1. The maximum absolute atomic E-state index is 12.6. The lowest BCUT2D eigenvalue weighted by Crippen LogP contribution is -2.28. The number of fused-ring (bicyclic) bond motifs is 1. The molecule has 0 aliphatic heterocycles. The molecule has 28 heavy (non-hydrogen) atoms. The molecule has 0 bridgehead atoms. The van der Waals surface area contributed by atoms with Gasteiger partial charge in [0.15, 0.2) is 0 Å². The summed E-state index contributed by atoms with van der Waals surface area (Å²) in [5, 5.41) is 3.47. The molecule has 3 aromatic rings. The second kappa shape index (κ2) is 6.91. The molecule has 2 aromatic carbocycles. The summed E-state index contributed by atoms with van der Waals surface area (Å²) in [7, 11) is 0. The van der Waals surface area contributed by atoms with Crippen molar-refractivity contribution in [3.63, 3.8) is 0 Å². The van der Waals surface area contributed by atoms with E-state index in [-0.39, 0.29) is 11.0 Å². The second-order valence-electron chi connectivity index (χ2n) is 8.67. The first-order valence-corrected chi connectivity index (χ1v) is 9.25. The van der Waals surface area contributed by atoms with Gasteiger partial charge in [-0.25, -0.2) is 4.79 Å². The van der Waals surface area contributed by atoms with Crippen LogP contribution in [0, 0.1) is 0 Å². The van der Waals surface area contributed by atoms with E-state index in [0.717, 1.165) is 16.5 Å². The lowest BCUT2D eigenvalue weighted by molar-refractivity contribution is 0.102. The molecule has 0 radical (unpaired) electrons. The van der Waals surface area contributed by atoms with Crippen LogP contribution < -0.4 is 16.7 Å². The fourth-order valence-corrected chi connectivity index (χ4v) is 3.07. The second-order valence-corrected chi connectivity index (χ2v) is 8.67. The Bertz CT molecular complexity index is 1080. The van der Waals surface area contributed by atoms with Crippen molar-refractivity contribution in [1.82, 2.24) is 0 Å². The predicted octanol–water partition coefficient (Wildman–Crippen LogP) is 4.54. The van der Waals surface area contributed by atoms with Crippen molar-refractivity contribution in [1.29, 1.82) is 0 Å². The van der Waals surface area contributed by atoms with Crippen LogP contribution in [0.2, 0.25) is 0 Å². The molecule has 5 heteroatoms. The van der Waals surface area contributed by atoms with Crippen LogP contribution in [-0.4, -0.2) is 5.91 Å². The fraction of sp³-hybridized carbons (Fsp3) is 0.304. The lowest BCUT2D eigenvalue weighted by Gasteiger charge is -2.20. The molecule has 5 nitrogen and oxygen atoms in total. The zero-order valence-corrected chi connectivity index (χ0v) is 16.9. The first-order chi connectivity index (χ1) is 13.0. The molecule has 0 aliphatic carbocycles. The quantitative estimate of drug-likeness (QED) is 0.655. The van der Waals surface area contributed by atoms with Gasteiger partial charge in [0.05, 0.1) is 0 Å². The summed E-state index contributed by atoms with van der Waals surface area (Å²) in [5.74, 6) is -0.503. The minimum Gasteiger partial charge on any atom is -0.422 e. The Hall–Kier alpha value is -2.92. The van der Waals surface area contributed by atoms with Gasteiger partial charge in [-0.15, -0.1) is 0 Å². The van der Waals surface area contributed by atoms with Gasteiger partial charge < -0.3 is 15.5 Å². The molecule has 146 valence electrons. The molecule has 1 amide bonds. The van der Waals surface area contributed by atoms with Gasteiger partial charge in [-0.05, 0) is 43.0 Å². The Kier molecular flexibility index (Phi) is 4.90. The Balaban J connectivity index is 1.94. The van der Waals surface area contributed by atoms with Gasteiger partial charge in [-0.1, -0.05) is 51.1 Å². The predicted molar refractivity (Wildman–Crippen MR) is 113 cm³/mol. The van der Waals surface area contributed by atoms with Gasteiger partial charge in [0, 0.05) is 22.2 Å². The van der Waals surface area contributed by atoms with Gasteiger partial charge >= 0.3 is 5.63 Å². The molecule has 0 unspecified atom stereocenters. The highest BCUT2D eigenvalue weighted by molar-refractivity contribution is 6.05. The van der Waals surface area contributed by atoms with E-state index in [2.05, 4.69) is 26.1 Å². The topological polar surface area (TPSA) is 85.3 Å². The minimum atomic E-state index is -0.651. The molecule has 1 heterocycles. The van der Waals surface area contributed by atoms with Crippen LogP contribution in [0.15, 0.2) is 57.7 Å². The molecule has 0 atom stereocenters. The van der Waals surface area contributed by atoms with Crippen molar-refractivity contribution in [2.24, 2.45) is 5.73 Å². The Morgan fingerprint density at radius 1 is 1.00 bits per heavy atom. The number of benzene rings is 2. The van der Waals surface area contributed by atoms with Crippen molar-refractivity contribution in [2.75, 3.05) is 5.32 Å². The molecule has 0 fully saturated rings. The first kappa shape index (κ1) is 19.8. The fourth-order valence-electron chi connectivity index (χ4n) is 3.07. The van der Waals surface area contributed by atoms with Gasteiger partial charge in [0.1, 0.15) is 11.1 Å². The third-order valence-corrected chi connectivity index (χ3v) is 4.70. The average Bonchev–Trinajstić information content (AvgIpc) is 2.59. The Labute approximate surface area is 164 Å². The Morgan fingerprint density at radius 3 is 2.21 bits per heavy atom. The van der Waals surface area contributed by atoms with Crippen LogP contribution >= 0.6 is 0 Å². The van der Waals surface area contributed by atoms with E-state index in [4.69, 9.17) is 10.2 Å². The normalized spacial score (nSPS) is 12.2. The third-order valence-electron chi connectivity index (χ3n) is 4.70. The SMILES string of the molecule is CC(C)(C)c1cccc2cc(C(=O)Nc3ccc(C(C)(C)N)cc3)c(=O)oc12. The number of hydrogen-bond acceptors (Lipinski definition) is 4. The van der Waals surface area contributed by atoms with E-state index in [9.17, 15) is 9.59 Å². The molecular formula is C23H26N2O3. The van der Waals surface area contributed by atoms with Crippen LogP contribution in [0.4, 0.5) is 5.69 Å². The van der Waals surface area contributed by atoms with E-state index in [0.29, 0.717) is 11.3 Å². The number of amides is 1. The van der Waals surface area contributed by atoms with Crippen LogP contribution in [0.5, 0.6) is 0 Å². The monoisotopic (exact) mass is 378 g/mol. The minimum absolute atomic E-state index is 0.0261. The van der Waals surface area contributed by atoms with Gasteiger partial charge in [-0.3, -0.25) is 4.79 Å². The summed E-state index contributed by atoms with van der Waals surface area (Å²) in [6, 6.07) is 14.5. The highest BCUT2D eigenvalue weighted by Crippen LogP contribution is 2.29. The molecule has 0 aliphatic rings. The van der Waals surface area contributed by atoms with Crippen molar-refractivity contribution in [2.45, 2.75) is 45.6 Å². The number of hydrogen-bond donors (Lipinski definition) is 2. The van der Waals surface area contributed by atoms with Crippen molar-refractivity contribution >= 4 is 22.6 Å². The number of carbonyl (C=O) groups is 1. The summed E-state index contributed by atoms with van der Waals surface area (Å²) in [6.07, 6.45) is 0. The highest BCUT2D eigenvalue weighted by atomic mass is 16.4. The van der Waals surface area contributed by atoms with Crippen LogP contribution in [-0.2, 0) is 11.0 Å². The van der Waals surface area contributed by atoms with E-state index < -0.39 is 17.1 Å². The van der Waals surface area contributed by atoms with Crippen molar-refractivity contribution < 1.29 is 9.21 Å². The van der Waals surface area contributed by atoms with Crippen molar-refractivity contribution in [3.8, 4) is 0 Å². The van der Waals surface area contributed by atoms with Gasteiger partial charge in [0.2, 0.25) is 0 Å². The molecule has 3 N–H and O–H groups in total. The standard InChI is InChI=1S/C23H26N2O3/c1-22(2,3)18-8-6-7-14-13-17(21(27)28-19(14)18)20(26)25-16-11-9-15(10-12-16)23(4,5)24/h6-13H,24H2,1-5H3,(H,25,26). The summed E-state index contributed by atoms with van der Waals surface area (Å²) in [6.45, 7) is 9.97. The maximum Gasteiger partial charge on any atom is 0.349 e. The van der Waals surface area contributed by atoms with Crippen LogP contribution in [0.3, 0.4) is 0 Å². The smallest absolute Gasteiger partial charge is 0.349 e. The summed E-state index contributed by atoms with van der Waals surface area (Å²) >= 11 is 0. The summed E-state index contributed by atoms with van der Waals surface area (Å²) < 4.78 is 5.54. The molecule has 0 spiro atoms. The van der Waals surface area contributed by atoms with E-state index in [1.807, 2.05) is 44.2 Å². The molecule has 1 aromatic heterocycles. The number of nitrogens with one attached hydrogen (secondary N) is 1. The molecule has 0 saturated heterocycles. The van der Waals surface area contributed by atoms with Crippen molar-refractivity contribution in [3.05, 3.63) is 75.6 Å². The summed E-state index contributed by atoms with van der Waals surface area (Å²) in [5.41, 5.74) is 7.73. The molecule has 0 saturated carbocycles. The van der Waals surface area contributed by atoms with Crippen LogP contribution in [0.25, 0.3) is 11.0 Å². The number of anilines is 1. The highest BCUT2D eigenvalue weighted by Gasteiger charge is 2.21. The average molecular weight is 378 g/mol. The van der Waals surface area contributed by atoms with Gasteiger partial charge in [-0.2, -0.15) is 0 Å². The number of rotatable bonds is 3. The first-order valence-electron chi connectivity index (χ1n) is 9.25. The third kappa shape index (κ3) is 3.99. The Morgan fingerprint density at radius 2 is 1.64 bits per heavy atom. The largest absolute Gasteiger partial charge is 0.422 e. The van der Waals surface area contributed by atoms with Gasteiger partial charge in [0.25, 0.3) is 5.91 Å². The molecular weight excluding hydrogens is 352 g/mol. The lowest BCUT2D eigenvalue weighted by atomic mass is 9.86. The zero-order chi connectivity index (χ0) is 20.7.